The molecule has 0 aromatic heterocycles. The number of nitrogens with zero attached hydrogens (tertiary/aromatic N) is 1. The first-order valence-electron chi connectivity index (χ1n) is 6.71. The Morgan fingerprint density at radius 3 is 2.48 bits per heavy atom. The van der Waals surface area contributed by atoms with Crippen molar-refractivity contribution in [1.29, 1.82) is 0 Å². The summed E-state index contributed by atoms with van der Waals surface area (Å²) in [6.07, 6.45) is -3.79. The largest absolute Gasteiger partial charge is 0.458 e. The van der Waals surface area contributed by atoms with Crippen molar-refractivity contribution in [2.45, 2.75) is 31.2 Å². The van der Waals surface area contributed by atoms with Gasteiger partial charge in [0.05, 0.1) is 11.6 Å². The second-order valence-corrected chi connectivity index (χ2v) is 4.97. The fourth-order valence-electron chi connectivity index (χ4n) is 2.37. The van der Waals surface area contributed by atoms with Crippen LogP contribution in [0.5, 0.6) is 0 Å². The average Bonchev–Trinajstić information content (AvgIpc) is 2.79. The lowest BCUT2D eigenvalue weighted by Crippen LogP contribution is -2.52. The number of halogens is 3. The Balaban J connectivity index is 2.29. The first kappa shape index (κ1) is 15.8. The number of hydrogen-bond donors (Lipinski definition) is 2. The molecule has 2 atom stereocenters. The molecule has 0 saturated heterocycles. The number of unbranched alkanes of at least 4 members (excludes halogenated alkanes) is 1. The Hall–Kier alpha value is -1.60. The Kier molecular flexibility index (Phi) is 4.53. The number of benzene rings is 1. The Bertz CT molecular complexity index is 505. The van der Waals surface area contributed by atoms with E-state index in [2.05, 4.69) is 9.99 Å². The topological polar surface area (TPSA) is 67.8 Å². The third-order valence-electron chi connectivity index (χ3n) is 3.51. The number of aliphatic hydroxyl groups is 1. The van der Waals surface area contributed by atoms with E-state index in [1.165, 1.54) is 0 Å². The summed E-state index contributed by atoms with van der Waals surface area (Å²) in [5.41, 5.74) is 5.99. The second-order valence-electron chi connectivity index (χ2n) is 4.97. The van der Waals surface area contributed by atoms with Crippen LogP contribution < -0.4 is 5.73 Å². The molecule has 3 N–H and O–H groups in total. The van der Waals surface area contributed by atoms with Crippen molar-refractivity contribution in [3.05, 3.63) is 35.9 Å². The van der Waals surface area contributed by atoms with Gasteiger partial charge in [-0.3, -0.25) is 0 Å². The van der Waals surface area contributed by atoms with Gasteiger partial charge in [0.1, 0.15) is 0 Å². The van der Waals surface area contributed by atoms with Gasteiger partial charge >= 0.3 is 12.0 Å². The third kappa shape index (κ3) is 3.03. The smallest absolute Gasteiger partial charge is 0.349 e. The molecule has 1 aliphatic rings. The number of oxime groups is 1. The molecular weight excluding hydrogens is 285 g/mol. The van der Waals surface area contributed by atoms with Crippen LogP contribution in [0.1, 0.15) is 24.8 Å². The van der Waals surface area contributed by atoms with E-state index < -0.39 is 17.9 Å². The molecule has 1 aromatic carbocycles. The van der Waals surface area contributed by atoms with Gasteiger partial charge in [0, 0.05) is 0 Å². The lowest BCUT2D eigenvalue weighted by molar-refractivity contribution is -0.370. The lowest BCUT2D eigenvalue weighted by Gasteiger charge is -2.29. The molecule has 2 rings (SSSR count). The minimum Gasteiger partial charge on any atom is -0.349 e. The molecule has 21 heavy (non-hydrogen) atoms. The van der Waals surface area contributed by atoms with Crippen molar-refractivity contribution < 1.29 is 23.1 Å². The fourth-order valence-corrected chi connectivity index (χ4v) is 2.37. The first-order chi connectivity index (χ1) is 9.90. The molecule has 116 valence electrons. The first-order valence-corrected chi connectivity index (χ1v) is 6.71. The summed E-state index contributed by atoms with van der Waals surface area (Å²) in [5, 5.41) is 13.4. The van der Waals surface area contributed by atoms with E-state index in [-0.39, 0.29) is 12.1 Å². The number of nitrogens with two attached hydrogens (primary N) is 1. The Labute approximate surface area is 120 Å². The Morgan fingerprint density at radius 2 is 1.90 bits per heavy atom. The summed E-state index contributed by atoms with van der Waals surface area (Å²) in [4.78, 5) is 4.40. The second kappa shape index (κ2) is 6.03. The molecule has 2 unspecified atom stereocenters. The molecule has 1 heterocycles. The minimum atomic E-state index is -4.92. The van der Waals surface area contributed by atoms with Crippen molar-refractivity contribution in [3.8, 4) is 0 Å². The Morgan fingerprint density at radius 1 is 1.24 bits per heavy atom. The summed E-state index contributed by atoms with van der Waals surface area (Å²) in [6, 6.07) is 8.42. The van der Waals surface area contributed by atoms with Crippen molar-refractivity contribution >= 4 is 5.71 Å². The molecule has 1 aliphatic heterocycles. The number of rotatable bonds is 5. The molecule has 0 spiro atoms. The van der Waals surface area contributed by atoms with Crippen LogP contribution in [0.2, 0.25) is 0 Å². The summed E-state index contributed by atoms with van der Waals surface area (Å²) < 4.78 is 39.4. The highest BCUT2D eigenvalue weighted by molar-refractivity contribution is 6.03. The zero-order valence-electron chi connectivity index (χ0n) is 11.3. The van der Waals surface area contributed by atoms with Crippen LogP contribution in [-0.4, -0.2) is 29.3 Å². The molecule has 0 radical (unpaired) electrons. The molecule has 4 nitrogen and oxygen atoms in total. The quantitative estimate of drug-likeness (QED) is 0.821. The highest BCUT2D eigenvalue weighted by Gasteiger charge is 2.66. The van der Waals surface area contributed by atoms with Gasteiger partial charge in [0.15, 0.2) is 0 Å². The summed E-state index contributed by atoms with van der Waals surface area (Å²) in [7, 11) is 0. The molecule has 0 amide bonds. The van der Waals surface area contributed by atoms with Gasteiger partial charge in [-0.1, -0.05) is 41.9 Å². The molecule has 0 bridgehead atoms. The van der Waals surface area contributed by atoms with Crippen LogP contribution in [0.3, 0.4) is 0 Å². The van der Waals surface area contributed by atoms with E-state index >= 15 is 0 Å². The summed E-state index contributed by atoms with van der Waals surface area (Å²) in [5.74, 6) is -4.53. The maximum absolute atomic E-state index is 13.1. The van der Waals surface area contributed by atoms with Crippen LogP contribution >= 0.6 is 0 Å². The zero-order valence-corrected chi connectivity index (χ0v) is 11.3. The van der Waals surface area contributed by atoms with E-state index in [9.17, 15) is 18.3 Å². The monoisotopic (exact) mass is 302 g/mol. The van der Waals surface area contributed by atoms with Crippen LogP contribution in [0.25, 0.3) is 0 Å². The van der Waals surface area contributed by atoms with Crippen LogP contribution in [0.4, 0.5) is 13.2 Å². The minimum absolute atomic E-state index is 0.0982. The number of alkyl halides is 3. The van der Waals surface area contributed by atoms with Crippen molar-refractivity contribution in [2.24, 2.45) is 16.8 Å². The SMILES string of the molecule is NCCCCC1C(c2ccccc2)=NOC1(O)C(F)(F)F. The highest BCUT2D eigenvalue weighted by Crippen LogP contribution is 2.44. The number of hydrogen-bond acceptors (Lipinski definition) is 4. The van der Waals surface area contributed by atoms with Gasteiger partial charge in [-0.15, -0.1) is 0 Å². The molecular formula is C14H17F3N2O2. The molecule has 0 aliphatic carbocycles. The maximum Gasteiger partial charge on any atom is 0.458 e. The van der Waals surface area contributed by atoms with E-state index in [1.54, 1.807) is 30.3 Å². The van der Waals surface area contributed by atoms with Gasteiger partial charge in [-0.2, -0.15) is 13.2 Å². The van der Waals surface area contributed by atoms with Gasteiger partial charge in [-0.05, 0) is 24.9 Å². The lowest BCUT2D eigenvalue weighted by atomic mass is 9.85. The van der Waals surface area contributed by atoms with E-state index in [4.69, 9.17) is 5.73 Å². The highest BCUT2D eigenvalue weighted by atomic mass is 19.4. The molecule has 1 aromatic rings. The van der Waals surface area contributed by atoms with Crippen LogP contribution in [0, 0.1) is 5.92 Å². The zero-order chi connectivity index (χ0) is 15.5. The van der Waals surface area contributed by atoms with E-state index in [0.717, 1.165) is 0 Å². The fraction of sp³-hybridized carbons (Fsp3) is 0.500. The molecule has 0 fully saturated rings. The van der Waals surface area contributed by atoms with Crippen molar-refractivity contribution in [3.63, 3.8) is 0 Å². The normalized spacial score (nSPS) is 25.6. The predicted octanol–water partition coefficient (Wildman–Crippen LogP) is 2.42. The maximum atomic E-state index is 13.1. The average molecular weight is 302 g/mol. The van der Waals surface area contributed by atoms with Crippen molar-refractivity contribution in [1.82, 2.24) is 0 Å². The molecule has 7 heteroatoms. The van der Waals surface area contributed by atoms with Crippen molar-refractivity contribution in [2.75, 3.05) is 6.54 Å². The van der Waals surface area contributed by atoms with Crippen LogP contribution in [0.15, 0.2) is 35.5 Å². The standard InChI is InChI=1S/C14H17F3N2O2/c15-14(16,17)13(20)11(8-4-5-9-18)12(19-21-13)10-6-2-1-3-7-10/h1-3,6-7,11,20H,4-5,8-9,18H2. The van der Waals surface area contributed by atoms with E-state index in [1.807, 2.05) is 0 Å². The summed E-state index contributed by atoms with van der Waals surface area (Å²) >= 11 is 0. The van der Waals surface area contributed by atoms with Gasteiger partial charge in [0.25, 0.3) is 0 Å². The molecule has 0 saturated carbocycles. The van der Waals surface area contributed by atoms with Crippen LogP contribution in [-0.2, 0) is 4.84 Å². The van der Waals surface area contributed by atoms with Gasteiger partial charge in [0.2, 0.25) is 0 Å². The predicted molar refractivity (Wildman–Crippen MR) is 71.5 cm³/mol. The van der Waals surface area contributed by atoms with Gasteiger partial charge < -0.3 is 15.7 Å². The van der Waals surface area contributed by atoms with E-state index in [0.29, 0.717) is 24.9 Å². The summed E-state index contributed by atoms with van der Waals surface area (Å²) in [6.45, 7) is 0.385. The third-order valence-corrected chi connectivity index (χ3v) is 3.51. The van der Waals surface area contributed by atoms with Gasteiger partial charge in [-0.25, -0.2) is 0 Å².